The lowest BCUT2D eigenvalue weighted by Crippen LogP contribution is -2.32. The molecule has 0 fully saturated rings. The third kappa shape index (κ3) is 3.53. The van der Waals surface area contributed by atoms with E-state index < -0.39 is 0 Å². The second-order valence-corrected chi connectivity index (χ2v) is 4.53. The minimum Gasteiger partial charge on any atom is -0.360 e. The van der Waals surface area contributed by atoms with Crippen LogP contribution in [0, 0.1) is 6.92 Å². The number of nitrogens with one attached hydrogen (secondary N) is 2. The first-order valence-electron chi connectivity index (χ1n) is 6.41. The van der Waals surface area contributed by atoms with Gasteiger partial charge in [0.15, 0.2) is 5.82 Å². The van der Waals surface area contributed by atoms with Crippen molar-refractivity contribution in [2.75, 3.05) is 5.32 Å². The number of hydrogen-bond acceptors (Lipinski definition) is 6. The zero-order chi connectivity index (χ0) is 14.5. The number of aryl methyl sites for hydroxylation is 1. The van der Waals surface area contributed by atoms with Gasteiger partial charge in [0.25, 0.3) is 5.91 Å². The Morgan fingerprint density at radius 2 is 2.10 bits per heavy atom. The van der Waals surface area contributed by atoms with E-state index >= 15 is 0 Å². The summed E-state index contributed by atoms with van der Waals surface area (Å²) in [4.78, 5) is 20.0. The summed E-state index contributed by atoms with van der Waals surface area (Å²) in [5.41, 5.74) is 0.423. The van der Waals surface area contributed by atoms with Gasteiger partial charge in [-0.2, -0.15) is 0 Å². The van der Waals surface area contributed by atoms with E-state index in [-0.39, 0.29) is 11.9 Å². The maximum absolute atomic E-state index is 11.8. The Morgan fingerprint density at radius 3 is 2.65 bits per heavy atom. The molecule has 0 aliphatic rings. The number of rotatable bonds is 5. The van der Waals surface area contributed by atoms with Crippen LogP contribution in [0.25, 0.3) is 0 Å². The first-order chi connectivity index (χ1) is 9.58. The van der Waals surface area contributed by atoms with Gasteiger partial charge in [-0.1, -0.05) is 12.1 Å². The molecule has 7 nitrogen and oxygen atoms in total. The zero-order valence-corrected chi connectivity index (χ0v) is 11.7. The predicted molar refractivity (Wildman–Crippen MR) is 73.8 cm³/mol. The average molecular weight is 275 g/mol. The molecule has 2 aromatic rings. The summed E-state index contributed by atoms with van der Waals surface area (Å²) < 4.78 is 4.92. The molecule has 0 saturated carbocycles. The highest BCUT2D eigenvalue weighted by Crippen LogP contribution is 2.12. The van der Waals surface area contributed by atoms with E-state index in [0.29, 0.717) is 23.1 Å². The van der Waals surface area contributed by atoms with Crippen LogP contribution >= 0.6 is 0 Å². The Kier molecular flexibility index (Phi) is 4.29. The van der Waals surface area contributed by atoms with Crippen LogP contribution in [0.5, 0.6) is 0 Å². The molecule has 0 bridgehead atoms. The van der Waals surface area contributed by atoms with E-state index in [1.807, 2.05) is 13.8 Å². The molecule has 2 rings (SSSR count). The van der Waals surface area contributed by atoms with E-state index in [1.165, 1.54) is 12.4 Å². The molecule has 1 amide bonds. The molecule has 20 heavy (non-hydrogen) atoms. The summed E-state index contributed by atoms with van der Waals surface area (Å²) in [6, 6.07) is 1.85. The number of anilines is 2. The quantitative estimate of drug-likeness (QED) is 0.867. The summed E-state index contributed by atoms with van der Waals surface area (Å²) >= 11 is 0. The van der Waals surface area contributed by atoms with E-state index in [4.69, 9.17) is 4.52 Å². The highest BCUT2D eigenvalue weighted by molar-refractivity contribution is 5.93. The molecule has 0 aliphatic heterocycles. The van der Waals surface area contributed by atoms with Crippen LogP contribution in [-0.2, 0) is 0 Å². The smallest absolute Gasteiger partial charge is 0.254 e. The second kappa shape index (κ2) is 6.14. The molecule has 2 N–H and O–H groups in total. The SMILES string of the molecule is CCC(C)NC(=O)c1cnc(Nc2cc(C)on2)nc1. The van der Waals surface area contributed by atoms with Gasteiger partial charge in [0.1, 0.15) is 5.76 Å². The van der Waals surface area contributed by atoms with E-state index in [1.54, 1.807) is 13.0 Å². The lowest BCUT2D eigenvalue weighted by atomic mass is 10.2. The summed E-state index contributed by atoms with van der Waals surface area (Å²) in [6.07, 6.45) is 3.82. The van der Waals surface area contributed by atoms with Crippen molar-refractivity contribution in [3.8, 4) is 0 Å². The first kappa shape index (κ1) is 14.0. The molecule has 0 aliphatic carbocycles. The lowest BCUT2D eigenvalue weighted by molar-refractivity contribution is 0.0938. The van der Waals surface area contributed by atoms with Gasteiger partial charge in [-0.3, -0.25) is 4.79 Å². The van der Waals surface area contributed by atoms with Gasteiger partial charge in [0, 0.05) is 24.5 Å². The fourth-order valence-electron chi connectivity index (χ4n) is 1.46. The normalized spacial score (nSPS) is 11.9. The van der Waals surface area contributed by atoms with E-state index in [0.717, 1.165) is 6.42 Å². The van der Waals surface area contributed by atoms with Gasteiger partial charge in [-0.15, -0.1) is 0 Å². The molecular weight excluding hydrogens is 258 g/mol. The predicted octanol–water partition coefficient (Wildman–Crippen LogP) is 2.04. The fraction of sp³-hybridized carbons (Fsp3) is 0.385. The Morgan fingerprint density at radius 1 is 1.40 bits per heavy atom. The molecular formula is C13H17N5O2. The van der Waals surface area contributed by atoms with Gasteiger partial charge in [-0.25, -0.2) is 9.97 Å². The Labute approximate surface area is 116 Å². The monoisotopic (exact) mass is 275 g/mol. The molecule has 1 atom stereocenters. The number of aromatic nitrogens is 3. The van der Waals surface area contributed by atoms with Crippen molar-refractivity contribution >= 4 is 17.7 Å². The third-order valence-corrected chi connectivity index (χ3v) is 2.77. The van der Waals surface area contributed by atoms with Crippen molar-refractivity contribution in [1.82, 2.24) is 20.4 Å². The highest BCUT2D eigenvalue weighted by atomic mass is 16.5. The topological polar surface area (TPSA) is 92.9 Å². The lowest BCUT2D eigenvalue weighted by Gasteiger charge is -2.10. The van der Waals surface area contributed by atoms with Crippen LogP contribution in [0.1, 0.15) is 36.4 Å². The van der Waals surface area contributed by atoms with Crippen molar-refractivity contribution in [3.05, 3.63) is 29.8 Å². The molecule has 2 aromatic heterocycles. The Balaban J connectivity index is 2.00. The van der Waals surface area contributed by atoms with Crippen LogP contribution in [0.4, 0.5) is 11.8 Å². The van der Waals surface area contributed by atoms with Gasteiger partial charge >= 0.3 is 0 Å². The highest BCUT2D eigenvalue weighted by Gasteiger charge is 2.10. The summed E-state index contributed by atoms with van der Waals surface area (Å²) in [6.45, 7) is 5.75. The molecule has 1 unspecified atom stereocenters. The van der Waals surface area contributed by atoms with Crippen molar-refractivity contribution in [2.24, 2.45) is 0 Å². The standard InChI is InChI=1S/C13H17N5O2/c1-4-8(2)16-12(19)10-6-14-13(15-7-10)17-11-5-9(3)20-18-11/h5-8H,4H2,1-3H3,(H,16,19)(H,14,15,17,18). The fourth-order valence-corrected chi connectivity index (χ4v) is 1.46. The Bertz CT molecular complexity index is 579. The molecule has 7 heteroatoms. The minimum atomic E-state index is -0.178. The average Bonchev–Trinajstić information content (AvgIpc) is 2.84. The van der Waals surface area contributed by atoms with Crippen LogP contribution in [0.2, 0.25) is 0 Å². The Hall–Kier alpha value is -2.44. The van der Waals surface area contributed by atoms with Gasteiger partial charge < -0.3 is 15.2 Å². The molecule has 0 radical (unpaired) electrons. The largest absolute Gasteiger partial charge is 0.360 e. The molecule has 2 heterocycles. The molecule has 106 valence electrons. The van der Waals surface area contributed by atoms with Crippen LogP contribution in [0.15, 0.2) is 23.0 Å². The van der Waals surface area contributed by atoms with Crippen molar-refractivity contribution in [2.45, 2.75) is 33.2 Å². The summed E-state index contributed by atoms with van der Waals surface area (Å²) in [5, 5.41) is 9.51. The van der Waals surface area contributed by atoms with Crippen molar-refractivity contribution in [1.29, 1.82) is 0 Å². The molecule has 0 aromatic carbocycles. The number of carbonyl (C=O) groups is 1. The summed E-state index contributed by atoms with van der Waals surface area (Å²) in [5.74, 6) is 1.40. The van der Waals surface area contributed by atoms with Crippen molar-refractivity contribution < 1.29 is 9.32 Å². The zero-order valence-electron chi connectivity index (χ0n) is 11.7. The molecule has 0 spiro atoms. The van der Waals surface area contributed by atoms with Crippen molar-refractivity contribution in [3.63, 3.8) is 0 Å². The first-order valence-corrected chi connectivity index (χ1v) is 6.41. The van der Waals surface area contributed by atoms with E-state index in [2.05, 4.69) is 25.8 Å². The van der Waals surface area contributed by atoms with Crippen LogP contribution in [0.3, 0.4) is 0 Å². The number of nitrogens with zero attached hydrogens (tertiary/aromatic N) is 3. The van der Waals surface area contributed by atoms with Crippen LogP contribution < -0.4 is 10.6 Å². The minimum absolute atomic E-state index is 0.124. The number of hydrogen-bond donors (Lipinski definition) is 2. The number of amides is 1. The number of carbonyl (C=O) groups excluding carboxylic acids is 1. The van der Waals surface area contributed by atoms with Gasteiger partial charge in [-0.05, 0) is 20.3 Å². The maximum atomic E-state index is 11.8. The van der Waals surface area contributed by atoms with Gasteiger partial charge in [0.2, 0.25) is 5.95 Å². The van der Waals surface area contributed by atoms with Gasteiger partial charge in [0.05, 0.1) is 5.56 Å². The summed E-state index contributed by atoms with van der Waals surface area (Å²) in [7, 11) is 0. The second-order valence-electron chi connectivity index (χ2n) is 4.53. The maximum Gasteiger partial charge on any atom is 0.254 e. The third-order valence-electron chi connectivity index (χ3n) is 2.77. The van der Waals surface area contributed by atoms with E-state index in [9.17, 15) is 4.79 Å². The van der Waals surface area contributed by atoms with Crippen LogP contribution in [-0.4, -0.2) is 27.1 Å². The molecule has 0 saturated heterocycles.